The molecule has 128 valence electrons. The van der Waals surface area contributed by atoms with E-state index in [-0.39, 0.29) is 12.1 Å². The zero-order valence-electron chi connectivity index (χ0n) is 14.2. The first kappa shape index (κ1) is 16.6. The maximum Gasteiger partial charge on any atom is 0.317 e. The van der Waals surface area contributed by atoms with Crippen LogP contribution in [0, 0.1) is 0 Å². The molecule has 7 nitrogen and oxygen atoms in total. The standard InChI is InChI=1S/C18H20N6O/c1-14(15-6-8-17(9-7-15)24-13-19-12-22-24)23(2)18(25)21-11-16-5-3-4-10-20-16/h3-10,12-14H,11H2,1-2H3,(H,21,25). The van der Waals surface area contributed by atoms with Crippen molar-refractivity contribution in [3.05, 3.63) is 72.6 Å². The Balaban J connectivity index is 1.61. The molecule has 0 spiro atoms. The summed E-state index contributed by atoms with van der Waals surface area (Å²) >= 11 is 0. The third-order valence-electron chi connectivity index (χ3n) is 4.11. The molecule has 0 aliphatic heterocycles. The number of aromatic nitrogens is 4. The molecule has 25 heavy (non-hydrogen) atoms. The number of pyridine rings is 1. The molecule has 0 radical (unpaired) electrons. The van der Waals surface area contributed by atoms with Crippen LogP contribution in [0.5, 0.6) is 0 Å². The number of hydrogen-bond donors (Lipinski definition) is 1. The van der Waals surface area contributed by atoms with Crippen molar-refractivity contribution >= 4 is 6.03 Å². The molecule has 0 saturated carbocycles. The molecule has 1 atom stereocenters. The molecule has 1 unspecified atom stereocenters. The van der Waals surface area contributed by atoms with Gasteiger partial charge in [0.15, 0.2) is 0 Å². The van der Waals surface area contributed by atoms with Crippen molar-refractivity contribution in [3.8, 4) is 5.69 Å². The van der Waals surface area contributed by atoms with Crippen LogP contribution in [0.15, 0.2) is 61.3 Å². The average molecular weight is 336 g/mol. The lowest BCUT2D eigenvalue weighted by Gasteiger charge is -2.25. The smallest absolute Gasteiger partial charge is 0.317 e. The first-order valence-corrected chi connectivity index (χ1v) is 8.00. The van der Waals surface area contributed by atoms with Crippen molar-refractivity contribution in [1.29, 1.82) is 0 Å². The fourth-order valence-electron chi connectivity index (χ4n) is 2.44. The molecule has 0 bridgehead atoms. The molecule has 1 aromatic carbocycles. The molecule has 2 amide bonds. The molecule has 7 heteroatoms. The number of rotatable bonds is 5. The zero-order valence-corrected chi connectivity index (χ0v) is 14.2. The van der Waals surface area contributed by atoms with Crippen LogP contribution in [-0.4, -0.2) is 37.7 Å². The van der Waals surface area contributed by atoms with Gasteiger partial charge in [-0.05, 0) is 36.8 Å². The SMILES string of the molecule is CC(c1ccc(-n2cncn2)cc1)N(C)C(=O)NCc1ccccn1. The molecule has 0 aliphatic rings. The van der Waals surface area contributed by atoms with Gasteiger partial charge in [0, 0.05) is 13.2 Å². The van der Waals surface area contributed by atoms with E-state index in [1.165, 1.54) is 6.33 Å². The summed E-state index contributed by atoms with van der Waals surface area (Å²) in [5.41, 5.74) is 2.80. The van der Waals surface area contributed by atoms with E-state index in [0.29, 0.717) is 6.54 Å². The van der Waals surface area contributed by atoms with Gasteiger partial charge in [0.2, 0.25) is 0 Å². The highest BCUT2D eigenvalue weighted by atomic mass is 16.2. The second-order valence-electron chi connectivity index (χ2n) is 5.70. The van der Waals surface area contributed by atoms with Gasteiger partial charge in [0.1, 0.15) is 12.7 Å². The summed E-state index contributed by atoms with van der Waals surface area (Å²) in [5, 5.41) is 6.99. The largest absolute Gasteiger partial charge is 0.332 e. The van der Waals surface area contributed by atoms with Crippen molar-refractivity contribution in [2.75, 3.05) is 7.05 Å². The summed E-state index contributed by atoms with van der Waals surface area (Å²) in [6, 6.07) is 13.3. The van der Waals surface area contributed by atoms with E-state index >= 15 is 0 Å². The van der Waals surface area contributed by atoms with Crippen molar-refractivity contribution in [2.45, 2.75) is 19.5 Å². The van der Waals surface area contributed by atoms with Crippen molar-refractivity contribution in [2.24, 2.45) is 0 Å². The Labute approximate surface area is 146 Å². The van der Waals surface area contributed by atoms with E-state index in [1.807, 2.05) is 49.4 Å². The Morgan fingerprint density at radius 3 is 2.68 bits per heavy atom. The Morgan fingerprint density at radius 1 is 1.24 bits per heavy atom. The van der Waals surface area contributed by atoms with Crippen LogP contribution in [-0.2, 0) is 6.54 Å². The zero-order chi connectivity index (χ0) is 17.6. The van der Waals surface area contributed by atoms with Crippen LogP contribution in [0.4, 0.5) is 4.79 Å². The van der Waals surface area contributed by atoms with Crippen molar-refractivity contribution in [1.82, 2.24) is 30.0 Å². The summed E-state index contributed by atoms with van der Waals surface area (Å²) in [6.07, 6.45) is 4.86. The first-order chi connectivity index (χ1) is 12.1. The Bertz CT molecular complexity index is 801. The van der Waals surface area contributed by atoms with Gasteiger partial charge in [-0.3, -0.25) is 4.98 Å². The summed E-state index contributed by atoms with van der Waals surface area (Å²) < 4.78 is 1.69. The van der Waals surface area contributed by atoms with Crippen LogP contribution in [0.2, 0.25) is 0 Å². The molecule has 2 aromatic heterocycles. The van der Waals surface area contributed by atoms with Crippen LogP contribution >= 0.6 is 0 Å². The lowest BCUT2D eigenvalue weighted by Crippen LogP contribution is -2.38. The third-order valence-corrected chi connectivity index (χ3v) is 4.11. The second kappa shape index (κ2) is 7.57. The van der Waals surface area contributed by atoms with Gasteiger partial charge in [-0.1, -0.05) is 18.2 Å². The molecule has 0 saturated heterocycles. The van der Waals surface area contributed by atoms with Crippen LogP contribution in [0.3, 0.4) is 0 Å². The molecule has 3 rings (SSSR count). The topological polar surface area (TPSA) is 75.9 Å². The van der Waals surface area contributed by atoms with Gasteiger partial charge >= 0.3 is 6.03 Å². The number of carbonyl (C=O) groups is 1. The van der Waals surface area contributed by atoms with E-state index in [2.05, 4.69) is 20.4 Å². The maximum atomic E-state index is 12.3. The lowest BCUT2D eigenvalue weighted by molar-refractivity contribution is 0.194. The van der Waals surface area contributed by atoms with Crippen molar-refractivity contribution < 1.29 is 4.79 Å². The van der Waals surface area contributed by atoms with Crippen LogP contribution in [0.25, 0.3) is 5.69 Å². The van der Waals surface area contributed by atoms with Gasteiger partial charge in [0.05, 0.1) is 24.0 Å². The lowest BCUT2D eigenvalue weighted by atomic mass is 10.1. The molecule has 3 aromatic rings. The Kier molecular flexibility index (Phi) is 5.03. The number of benzene rings is 1. The summed E-state index contributed by atoms with van der Waals surface area (Å²) in [6.45, 7) is 2.40. The van der Waals surface area contributed by atoms with E-state index in [9.17, 15) is 4.79 Å². The predicted molar refractivity (Wildman–Crippen MR) is 94.0 cm³/mol. The van der Waals surface area contributed by atoms with E-state index < -0.39 is 0 Å². The van der Waals surface area contributed by atoms with Gasteiger partial charge in [-0.15, -0.1) is 0 Å². The van der Waals surface area contributed by atoms with Gasteiger partial charge < -0.3 is 10.2 Å². The molecular formula is C18H20N6O. The molecule has 0 aliphatic carbocycles. The van der Waals surface area contributed by atoms with E-state index in [1.54, 1.807) is 29.2 Å². The highest BCUT2D eigenvalue weighted by molar-refractivity contribution is 5.74. The number of urea groups is 1. The maximum absolute atomic E-state index is 12.3. The molecule has 1 N–H and O–H groups in total. The number of carbonyl (C=O) groups excluding carboxylic acids is 1. The van der Waals surface area contributed by atoms with Crippen LogP contribution in [0.1, 0.15) is 24.2 Å². The molecule has 0 fully saturated rings. The minimum Gasteiger partial charge on any atom is -0.332 e. The van der Waals surface area contributed by atoms with E-state index in [4.69, 9.17) is 0 Å². The fraction of sp³-hybridized carbons (Fsp3) is 0.222. The normalized spacial score (nSPS) is 11.8. The Hall–Kier alpha value is -3.22. The van der Waals surface area contributed by atoms with Gasteiger partial charge in [0.25, 0.3) is 0 Å². The van der Waals surface area contributed by atoms with E-state index in [0.717, 1.165) is 16.9 Å². The molecular weight excluding hydrogens is 316 g/mol. The highest BCUT2D eigenvalue weighted by Crippen LogP contribution is 2.20. The van der Waals surface area contributed by atoms with Gasteiger partial charge in [-0.25, -0.2) is 14.5 Å². The summed E-state index contributed by atoms with van der Waals surface area (Å²) in [4.78, 5) is 22.2. The minimum atomic E-state index is -0.140. The monoisotopic (exact) mass is 336 g/mol. The highest BCUT2D eigenvalue weighted by Gasteiger charge is 2.17. The number of amides is 2. The van der Waals surface area contributed by atoms with Crippen LogP contribution < -0.4 is 5.32 Å². The quantitative estimate of drug-likeness (QED) is 0.777. The molecule has 2 heterocycles. The number of nitrogens with zero attached hydrogens (tertiary/aromatic N) is 5. The predicted octanol–water partition coefficient (Wildman–Crippen LogP) is 2.56. The fourth-order valence-corrected chi connectivity index (χ4v) is 2.44. The average Bonchev–Trinajstić information content (AvgIpc) is 3.20. The van der Waals surface area contributed by atoms with Crippen molar-refractivity contribution in [3.63, 3.8) is 0 Å². The summed E-state index contributed by atoms with van der Waals surface area (Å²) in [5.74, 6) is 0. The first-order valence-electron chi connectivity index (χ1n) is 8.00. The second-order valence-corrected chi connectivity index (χ2v) is 5.70. The summed E-state index contributed by atoms with van der Waals surface area (Å²) in [7, 11) is 1.78. The number of nitrogens with one attached hydrogen (secondary N) is 1. The Morgan fingerprint density at radius 2 is 2.04 bits per heavy atom. The third kappa shape index (κ3) is 4.00. The van der Waals surface area contributed by atoms with Gasteiger partial charge in [-0.2, -0.15) is 5.10 Å². The minimum absolute atomic E-state index is 0.0615. The number of hydrogen-bond acceptors (Lipinski definition) is 4.